The molecule has 3 nitrogen and oxygen atoms in total. The first-order valence-electron chi connectivity index (χ1n) is 4.95. The molecule has 14 heavy (non-hydrogen) atoms. The van der Waals surface area contributed by atoms with Gasteiger partial charge in [0.15, 0.2) is 6.21 Å². The molecular formula is C11H15NO2. The van der Waals surface area contributed by atoms with Crippen LogP contribution in [0.1, 0.15) is 6.42 Å². The number of hydrogen-bond donors (Lipinski definition) is 0. The van der Waals surface area contributed by atoms with Crippen molar-refractivity contribution in [2.24, 2.45) is 11.8 Å². The molecular weight excluding hydrogens is 178 g/mol. The summed E-state index contributed by atoms with van der Waals surface area (Å²) in [6, 6.07) is 0. The summed E-state index contributed by atoms with van der Waals surface area (Å²) in [5.41, 5.74) is 1.37. The minimum Gasteiger partial charge on any atom is -0.624 e. The molecule has 2 unspecified atom stereocenters. The molecule has 2 aliphatic rings. The Balaban J connectivity index is 1.73. The molecule has 0 spiro atoms. The largest absolute Gasteiger partial charge is 0.624 e. The van der Waals surface area contributed by atoms with Crippen LogP contribution in [-0.4, -0.2) is 31.2 Å². The molecule has 2 aliphatic carbocycles. The fourth-order valence-electron chi connectivity index (χ4n) is 2.01. The Morgan fingerprint density at radius 1 is 1.64 bits per heavy atom. The Labute approximate surface area is 84.0 Å². The minimum atomic E-state index is 0.401. The zero-order chi connectivity index (χ0) is 9.97. The first kappa shape index (κ1) is 9.46. The third-order valence-electron chi connectivity index (χ3n) is 2.74. The molecule has 0 saturated heterocycles. The van der Waals surface area contributed by atoms with Crippen LogP contribution in [-0.2, 0) is 4.74 Å². The van der Waals surface area contributed by atoms with Crippen molar-refractivity contribution >= 4 is 6.21 Å². The van der Waals surface area contributed by atoms with Crippen LogP contribution in [0, 0.1) is 17.0 Å². The van der Waals surface area contributed by atoms with Crippen molar-refractivity contribution in [1.29, 1.82) is 0 Å². The maximum Gasteiger partial charge on any atom is 0.176 e. The molecule has 2 bridgehead atoms. The van der Waals surface area contributed by atoms with Gasteiger partial charge in [0.1, 0.15) is 13.7 Å². The van der Waals surface area contributed by atoms with Crippen molar-refractivity contribution in [1.82, 2.24) is 0 Å². The zero-order valence-corrected chi connectivity index (χ0v) is 8.35. The summed E-state index contributed by atoms with van der Waals surface area (Å²) in [4.78, 5) is 0. The second kappa shape index (κ2) is 3.96. The van der Waals surface area contributed by atoms with Crippen LogP contribution in [0.2, 0.25) is 0 Å². The molecule has 0 saturated carbocycles. The van der Waals surface area contributed by atoms with Gasteiger partial charge in [0, 0.05) is 5.92 Å². The quantitative estimate of drug-likeness (QED) is 0.169. The summed E-state index contributed by atoms with van der Waals surface area (Å²) in [6.45, 7) is 1.06. The minimum absolute atomic E-state index is 0.401. The Bertz CT molecular complexity index is 300. The lowest BCUT2D eigenvalue weighted by atomic mass is 10.0. The number of fused-ring (bicyclic) bond motifs is 2. The van der Waals surface area contributed by atoms with Gasteiger partial charge in [-0.1, -0.05) is 18.2 Å². The molecule has 0 N–H and O–H groups in total. The summed E-state index contributed by atoms with van der Waals surface area (Å²) in [5, 5.41) is 10.5. The van der Waals surface area contributed by atoms with Gasteiger partial charge < -0.3 is 9.94 Å². The number of nitrogens with zero attached hydrogens (tertiary/aromatic N) is 1. The van der Waals surface area contributed by atoms with E-state index in [1.165, 1.54) is 25.3 Å². The monoisotopic (exact) mass is 193 g/mol. The molecule has 0 heterocycles. The highest BCUT2D eigenvalue weighted by atomic mass is 16.5. The first-order chi connectivity index (χ1) is 6.75. The van der Waals surface area contributed by atoms with Crippen LogP contribution in [0.5, 0.6) is 0 Å². The van der Waals surface area contributed by atoms with Crippen LogP contribution < -0.4 is 0 Å². The van der Waals surface area contributed by atoms with Crippen molar-refractivity contribution in [3.63, 3.8) is 0 Å². The van der Waals surface area contributed by atoms with Crippen molar-refractivity contribution in [2.45, 2.75) is 6.42 Å². The smallest absolute Gasteiger partial charge is 0.176 e. The average molecular weight is 193 g/mol. The molecule has 0 aromatic carbocycles. The Kier molecular flexibility index (Phi) is 2.68. The van der Waals surface area contributed by atoms with Crippen LogP contribution >= 0.6 is 0 Å². The van der Waals surface area contributed by atoms with Gasteiger partial charge in [-0.25, -0.2) is 4.74 Å². The lowest BCUT2D eigenvalue weighted by Crippen LogP contribution is -2.08. The van der Waals surface area contributed by atoms with Gasteiger partial charge in [0.25, 0.3) is 0 Å². The van der Waals surface area contributed by atoms with E-state index in [2.05, 4.69) is 18.2 Å². The Morgan fingerprint density at radius 2 is 2.50 bits per heavy atom. The second-order valence-corrected chi connectivity index (χ2v) is 3.88. The number of hydrogen-bond acceptors (Lipinski definition) is 2. The number of rotatable bonds is 4. The molecule has 0 aromatic heterocycles. The maximum atomic E-state index is 10.5. The van der Waals surface area contributed by atoms with Crippen molar-refractivity contribution in [3.05, 3.63) is 29.0 Å². The standard InChI is InChI=1S/C11H15NO2/c1-12(13)4-5-14-8-11-7-9-2-3-10(11)6-9/h2-4,7,9-10H,5-6,8H2,1H3/b12-4-. The van der Waals surface area contributed by atoms with E-state index in [0.29, 0.717) is 25.0 Å². The third kappa shape index (κ3) is 2.04. The normalized spacial score (nSPS) is 29.8. The van der Waals surface area contributed by atoms with Gasteiger partial charge in [0.2, 0.25) is 0 Å². The number of hydroxylamine groups is 1. The summed E-state index contributed by atoms with van der Waals surface area (Å²) in [6.07, 6.45) is 9.51. The van der Waals surface area contributed by atoms with Crippen LogP contribution in [0.3, 0.4) is 0 Å². The molecule has 0 radical (unpaired) electrons. The second-order valence-electron chi connectivity index (χ2n) is 3.88. The predicted octanol–water partition coefficient (Wildman–Crippen LogP) is 1.35. The van der Waals surface area contributed by atoms with Crippen molar-refractivity contribution < 1.29 is 9.48 Å². The molecule has 0 aromatic rings. The van der Waals surface area contributed by atoms with Crippen LogP contribution in [0.15, 0.2) is 23.8 Å². The van der Waals surface area contributed by atoms with Crippen LogP contribution in [0.4, 0.5) is 0 Å². The topological polar surface area (TPSA) is 35.3 Å². The predicted molar refractivity (Wildman–Crippen MR) is 55.3 cm³/mol. The summed E-state index contributed by atoms with van der Waals surface area (Å²) in [5.74, 6) is 1.25. The van der Waals surface area contributed by atoms with Gasteiger partial charge in [-0.05, 0) is 17.9 Å². The molecule has 0 aliphatic heterocycles. The molecule has 0 amide bonds. The summed E-state index contributed by atoms with van der Waals surface area (Å²) >= 11 is 0. The average Bonchev–Trinajstić information content (AvgIpc) is 2.73. The van der Waals surface area contributed by atoms with E-state index >= 15 is 0 Å². The highest BCUT2D eigenvalue weighted by Gasteiger charge is 2.27. The van der Waals surface area contributed by atoms with Gasteiger partial charge >= 0.3 is 0 Å². The number of allylic oxidation sites excluding steroid dienone is 3. The van der Waals surface area contributed by atoms with E-state index in [0.717, 1.165) is 4.74 Å². The third-order valence-corrected chi connectivity index (χ3v) is 2.74. The molecule has 3 heteroatoms. The van der Waals surface area contributed by atoms with Gasteiger partial charge in [-0.15, -0.1) is 0 Å². The van der Waals surface area contributed by atoms with Gasteiger partial charge in [-0.3, -0.25) is 0 Å². The van der Waals surface area contributed by atoms with E-state index in [-0.39, 0.29) is 0 Å². The Hall–Kier alpha value is -1.09. The van der Waals surface area contributed by atoms with Crippen LogP contribution in [0.25, 0.3) is 0 Å². The zero-order valence-electron chi connectivity index (χ0n) is 8.35. The van der Waals surface area contributed by atoms with Crippen molar-refractivity contribution in [2.75, 3.05) is 20.3 Å². The fraction of sp³-hybridized carbons (Fsp3) is 0.545. The fourth-order valence-corrected chi connectivity index (χ4v) is 2.01. The van der Waals surface area contributed by atoms with Gasteiger partial charge in [0.05, 0.1) is 6.61 Å². The molecule has 76 valence electrons. The van der Waals surface area contributed by atoms with E-state index in [1.807, 2.05) is 0 Å². The van der Waals surface area contributed by atoms with E-state index in [4.69, 9.17) is 4.74 Å². The lowest BCUT2D eigenvalue weighted by molar-refractivity contribution is -0.419. The Morgan fingerprint density at radius 3 is 3.07 bits per heavy atom. The molecule has 2 atom stereocenters. The lowest BCUT2D eigenvalue weighted by Gasteiger charge is -2.08. The summed E-state index contributed by atoms with van der Waals surface area (Å²) in [7, 11) is 1.46. The van der Waals surface area contributed by atoms with E-state index in [1.54, 1.807) is 0 Å². The van der Waals surface area contributed by atoms with E-state index < -0.39 is 0 Å². The maximum absolute atomic E-state index is 10.5. The highest BCUT2D eigenvalue weighted by Crippen LogP contribution is 2.37. The first-order valence-corrected chi connectivity index (χ1v) is 4.95. The SMILES string of the molecule is C/[N+]([O-])=C/COCC1=CC2C=CC1C2. The molecule has 2 rings (SSSR count). The highest BCUT2D eigenvalue weighted by molar-refractivity contribution is 5.52. The number of ether oxygens (including phenoxy) is 1. The van der Waals surface area contributed by atoms with Gasteiger partial charge in [-0.2, -0.15) is 0 Å². The van der Waals surface area contributed by atoms with Crippen molar-refractivity contribution in [3.8, 4) is 0 Å². The summed E-state index contributed by atoms with van der Waals surface area (Å²) < 4.78 is 6.15. The van der Waals surface area contributed by atoms with E-state index in [9.17, 15) is 5.21 Å². The molecule has 0 fully saturated rings.